The van der Waals surface area contributed by atoms with Crippen molar-refractivity contribution in [2.24, 2.45) is 5.92 Å². The largest absolute Gasteiger partial charge is 2.00 e. The fourth-order valence-corrected chi connectivity index (χ4v) is 1.19. The number of hydrogen-bond acceptors (Lipinski definition) is 0. The Morgan fingerprint density at radius 3 is 1.75 bits per heavy atom. The summed E-state index contributed by atoms with van der Waals surface area (Å²) in [7, 11) is 0. The molecule has 0 radical (unpaired) electrons. The SMILES string of the molecule is [CH2-]C1CCCCC1.[Zn+2]. The van der Waals surface area contributed by atoms with Crippen molar-refractivity contribution in [2.45, 2.75) is 32.1 Å². The summed E-state index contributed by atoms with van der Waals surface area (Å²) < 4.78 is 0. The van der Waals surface area contributed by atoms with Gasteiger partial charge in [-0.3, -0.25) is 0 Å². The molecule has 0 aromatic heterocycles. The Morgan fingerprint density at radius 1 is 1.00 bits per heavy atom. The third-order valence-electron chi connectivity index (χ3n) is 1.72. The molecule has 0 unspecified atom stereocenters. The molecular weight excluding hydrogens is 149 g/mol. The zero-order chi connectivity index (χ0) is 5.11. The van der Waals surface area contributed by atoms with Crippen LogP contribution in [0.3, 0.4) is 0 Å². The van der Waals surface area contributed by atoms with Gasteiger partial charge in [-0.15, -0.1) is 0 Å². The third kappa shape index (κ3) is 2.82. The van der Waals surface area contributed by atoms with Crippen LogP contribution >= 0.6 is 0 Å². The zero-order valence-electron chi connectivity index (χ0n) is 5.53. The molecule has 0 heterocycles. The minimum absolute atomic E-state index is 0. The average molecular weight is 163 g/mol. The summed E-state index contributed by atoms with van der Waals surface area (Å²) in [4.78, 5) is 0. The monoisotopic (exact) mass is 161 g/mol. The standard InChI is InChI=1S/C7H13.Zn/c1-7-5-3-2-4-6-7;/h7H,1-6H2;/q-1;+2. The maximum Gasteiger partial charge on any atom is 2.00 e. The van der Waals surface area contributed by atoms with Gasteiger partial charge in [0.1, 0.15) is 0 Å². The van der Waals surface area contributed by atoms with Crippen molar-refractivity contribution in [3.8, 4) is 0 Å². The fraction of sp³-hybridized carbons (Fsp3) is 0.857. The molecule has 0 spiro atoms. The summed E-state index contributed by atoms with van der Waals surface area (Å²) in [5.74, 6) is 0.786. The number of hydrogen-bond donors (Lipinski definition) is 0. The molecule has 0 nitrogen and oxygen atoms in total. The Balaban J connectivity index is 0.000000490. The molecule has 42 valence electrons. The van der Waals surface area contributed by atoms with Gasteiger partial charge in [-0.1, -0.05) is 32.1 Å². The quantitative estimate of drug-likeness (QED) is 0.379. The minimum Gasteiger partial charge on any atom is -0.340 e. The Labute approximate surface area is 64.8 Å². The van der Waals surface area contributed by atoms with Gasteiger partial charge in [-0.25, -0.2) is 0 Å². The first-order valence-corrected chi connectivity index (χ1v) is 3.22. The van der Waals surface area contributed by atoms with Gasteiger partial charge >= 0.3 is 19.5 Å². The van der Waals surface area contributed by atoms with E-state index in [1.807, 2.05) is 0 Å². The predicted molar refractivity (Wildman–Crippen MR) is 31.9 cm³/mol. The van der Waals surface area contributed by atoms with Gasteiger partial charge in [0.05, 0.1) is 0 Å². The summed E-state index contributed by atoms with van der Waals surface area (Å²) >= 11 is 0. The van der Waals surface area contributed by atoms with Crippen molar-refractivity contribution in [2.75, 3.05) is 0 Å². The van der Waals surface area contributed by atoms with E-state index in [4.69, 9.17) is 0 Å². The molecular formula is C7H13Zn+. The molecule has 1 aliphatic carbocycles. The van der Waals surface area contributed by atoms with Crippen molar-refractivity contribution in [3.63, 3.8) is 0 Å². The first-order chi connectivity index (χ1) is 3.39. The molecule has 1 aliphatic rings. The minimum atomic E-state index is 0. The van der Waals surface area contributed by atoms with Gasteiger partial charge in [0.15, 0.2) is 0 Å². The van der Waals surface area contributed by atoms with Crippen LogP contribution in [0.2, 0.25) is 0 Å². The molecule has 0 N–H and O–H groups in total. The van der Waals surface area contributed by atoms with Crippen molar-refractivity contribution >= 4 is 0 Å². The van der Waals surface area contributed by atoms with E-state index in [0.29, 0.717) is 0 Å². The molecule has 0 aliphatic heterocycles. The van der Waals surface area contributed by atoms with E-state index in [-0.39, 0.29) is 19.5 Å². The summed E-state index contributed by atoms with van der Waals surface area (Å²) in [6, 6.07) is 0. The van der Waals surface area contributed by atoms with Gasteiger partial charge in [-0.2, -0.15) is 5.92 Å². The van der Waals surface area contributed by atoms with Crippen molar-refractivity contribution in [3.05, 3.63) is 6.92 Å². The van der Waals surface area contributed by atoms with Crippen LogP contribution in [0, 0.1) is 12.8 Å². The van der Waals surface area contributed by atoms with Gasteiger partial charge in [0, 0.05) is 0 Å². The van der Waals surface area contributed by atoms with Gasteiger partial charge in [0.2, 0.25) is 0 Å². The molecule has 0 aromatic carbocycles. The van der Waals surface area contributed by atoms with Crippen molar-refractivity contribution < 1.29 is 19.5 Å². The summed E-state index contributed by atoms with van der Waals surface area (Å²) in [6.45, 7) is 4.00. The smallest absolute Gasteiger partial charge is 0.340 e. The molecule has 0 atom stereocenters. The van der Waals surface area contributed by atoms with E-state index in [1.54, 1.807) is 0 Å². The van der Waals surface area contributed by atoms with Crippen LogP contribution in [0.15, 0.2) is 0 Å². The van der Waals surface area contributed by atoms with Crippen LogP contribution in [0.4, 0.5) is 0 Å². The van der Waals surface area contributed by atoms with Crippen LogP contribution in [-0.2, 0) is 19.5 Å². The molecule has 0 amide bonds. The van der Waals surface area contributed by atoms with Crippen molar-refractivity contribution in [1.82, 2.24) is 0 Å². The maximum atomic E-state index is 4.00. The molecule has 0 aromatic rings. The van der Waals surface area contributed by atoms with Crippen LogP contribution in [-0.4, -0.2) is 0 Å². The van der Waals surface area contributed by atoms with E-state index in [0.717, 1.165) is 5.92 Å². The first kappa shape index (κ1) is 8.62. The van der Waals surface area contributed by atoms with Gasteiger partial charge in [-0.05, 0) is 0 Å². The normalized spacial score (nSPS) is 22.1. The topological polar surface area (TPSA) is 0 Å². The van der Waals surface area contributed by atoms with E-state index in [9.17, 15) is 0 Å². The molecule has 0 bridgehead atoms. The van der Waals surface area contributed by atoms with Crippen molar-refractivity contribution in [1.29, 1.82) is 0 Å². The Bertz CT molecular complexity index is 46.3. The second-order valence-electron chi connectivity index (χ2n) is 2.50. The number of rotatable bonds is 0. The summed E-state index contributed by atoms with van der Waals surface area (Å²) in [5.41, 5.74) is 0. The third-order valence-corrected chi connectivity index (χ3v) is 1.72. The van der Waals surface area contributed by atoms with E-state index in [1.165, 1.54) is 32.1 Å². The molecule has 1 heteroatoms. The predicted octanol–water partition coefficient (Wildman–Crippen LogP) is 2.40. The zero-order valence-corrected chi connectivity index (χ0v) is 8.49. The first-order valence-electron chi connectivity index (χ1n) is 3.22. The molecule has 1 saturated carbocycles. The van der Waals surface area contributed by atoms with E-state index < -0.39 is 0 Å². The average Bonchev–Trinajstić information content (AvgIpc) is 1.69. The maximum absolute atomic E-state index is 4.00. The van der Waals surface area contributed by atoms with E-state index >= 15 is 0 Å². The van der Waals surface area contributed by atoms with Crippen LogP contribution in [0.5, 0.6) is 0 Å². The Kier molecular flexibility index (Phi) is 4.85. The molecule has 0 saturated heterocycles. The van der Waals surface area contributed by atoms with Gasteiger partial charge < -0.3 is 6.92 Å². The second-order valence-corrected chi connectivity index (χ2v) is 2.50. The van der Waals surface area contributed by atoms with Crippen LogP contribution in [0.25, 0.3) is 0 Å². The molecule has 1 fully saturated rings. The Hall–Kier alpha value is 0.623. The Morgan fingerprint density at radius 2 is 1.50 bits per heavy atom. The summed E-state index contributed by atoms with van der Waals surface area (Å²) in [5, 5.41) is 0. The summed E-state index contributed by atoms with van der Waals surface area (Å²) in [6.07, 6.45) is 7.05. The van der Waals surface area contributed by atoms with Gasteiger partial charge in [0.25, 0.3) is 0 Å². The second kappa shape index (κ2) is 4.50. The van der Waals surface area contributed by atoms with E-state index in [2.05, 4.69) is 6.92 Å². The molecule has 1 rings (SSSR count). The molecule has 8 heavy (non-hydrogen) atoms. The van der Waals surface area contributed by atoms with Crippen LogP contribution < -0.4 is 0 Å². The fourth-order valence-electron chi connectivity index (χ4n) is 1.19. The van der Waals surface area contributed by atoms with Crippen LogP contribution in [0.1, 0.15) is 32.1 Å².